The van der Waals surface area contributed by atoms with Crippen LogP contribution >= 0.6 is 23.2 Å². The second kappa shape index (κ2) is 7.83. The molecule has 1 heterocycles. The Hall–Kier alpha value is -2.14. The van der Waals surface area contributed by atoms with Crippen molar-refractivity contribution in [3.63, 3.8) is 0 Å². The Bertz CT molecular complexity index is 872. The van der Waals surface area contributed by atoms with E-state index in [2.05, 4.69) is 15.3 Å². The zero-order chi connectivity index (χ0) is 17.8. The summed E-state index contributed by atoms with van der Waals surface area (Å²) in [7, 11) is 0. The second-order valence-electron chi connectivity index (χ2n) is 5.62. The zero-order valence-electron chi connectivity index (χ0n) is 13.6. The van der Waals surface area contributed by atoms with Gasteiger partial charge in [0.05, 0.1) is 21.8 Å². The van der Waals surface area contributed by atoms with Gasteiger partial charge in [0.15, 0.2) is 0 Å². The fraction of sp³-hybridized carbons (Fsp3) is 0.158. The van der Waals surface area contributed by atoms with Gasteiger partial charge in [0.2, 0.25) is 0 Å². The SMILES string of the molecule is Cc1nc(NCC(O)c2ccccc2)cc(-c2ccc(Cl)c(Cl)c2)n1. The maximum atomic E-state index is 10.3. The van der Waals surface area contributed by atoms with Crippen LogP contribution in [0.4, 0.5) is 5.82 Å². The molecule has 3 aromatic rings. The lowest BCUT2D eigenvalue weighted by Crippen LogP contribution is -2.13. The molecule has 6 heteroatoms. The summed E-state index contributed by atoms with van der Waals surface area (Å²) in [5.74, 6) is 1.27. The summed E-state index contributed by atoms with van der Waals surface area (Å²) in [6.45, 7) is 2.17. The van der Waals surface area contributed by atoms with Gasteiger partial charge in [-0.25, -0.2) is 9.97 Å². The number of rotatable bonds is 5. The van der Waals surface area contributed by atoms with Gasteiger partial charge in [0.25, 0.3) is 0 Å². The maximum Gasteiger partial charge on any atom is 0.130 e. The van der Waals surface area contributed by atoms with Crippen molar-refractivity contribution in [1.29, 1.82) is 0 Å². The van der Waals surface area contributed by atoms with E-state index in [0.717, 1.165) is 16.8 Å². The maximum absolute atomic E-state index is 10.3. The largest absolute Gasteiger partial charge is 0.387 e. The van der Waals surface area contributed by atoms with Crippen LogP contribution in [0.15, 0.2) is 54.6 Å². The standard InChI is InChI=1S/C19H17Cl2N3O/c1-12-23-17(14-7-8-15(20)16(21)9-14)10-19(24-12)22-11-18(25)13-5-3-2-4-6-13/h2-10,18,25H,11H2,1H3,(H,22,23,24). The molecule has 0 aliphatic heterocycles. The molecule has 0 amide bonds. The molecule has 0 radical (unpaired) electrons. The number of halogens is 2. The molecule has 1 atom stereocenters. The average Bonchev–Trinajstić information content (AvgIpc) is 2.62. The number of anilines is 1. The number of nitrogens with one attached hydrogen (secondary N) is 1. The van der Waals surface area contributed by atoms with Gasteiger partial charge in [-0.1, -0.05) is 59.6 Å². The van der Waals surface area contributed by atoms with E-state index in [1.807, 2.05) is 49.4 Å². The Kier molecular flexibility index (Phi) is 5.53. The van der Waals surface area contributed by atoms with Crippen molar-refractivity contribution in [1.82, 2.24) is 9.97 Å². The summed E-state index contributed by atoms with van der Waals surface area (Å²) in [6, 6.07) is 16.7. The number of aryl methyl sites for hydroxylation is 1. The lowest BCUT2D eigenvalue weighted by atomic mass is 10.1. The minimum atomic E-state index is -0.620. The van der Waals surface area contributed by atoms with Crippen LogP contribution in [0.2, 0.25) is 10.0 Å². The predicted octanol–water partition coefficient (Wildman–Crippen LogP) is 4.90. The molecule has 0 saturated carbocycles. The molecule has 0 spiro atoms. The molecule has 1 unspecified atom stereocenters. The van der Waals surface area contributed by atoms with Crippen molar-refractivity contribution in [2.45, 2.75) is 13.0 Å². The quantitative estimate of drug-likeness (QED) is 0.667. The summed E-state index contributed by atoms with van der Waals surface area (Å²) in [6.07, 6.45) is -0.620. The van der Waals surface area contributed by atoms with E-state index in [9.17, 15) is 5.11 Å². The van der Waals surface area contributed by atoms with E-state index < -0.39 is 6.10 Å². The van der Waals surface area contributed by atoms with Crippen LogP contribution in [-0.4, -0.2) is 21.6 Å². The number of benzene rings is 2. The van der Waals surface area contributed by atoms with E-state index in [0.29, 0.717) is 28.2 Å². The molecule has 25 heavy (non-hydrogen) atoms. The monoisotopic (exact) mass is 373 g/mol. The molecule has 3 rings (SSSR count). The molecule has 0 aliphatic rings. The molecule has 1 aromatic heterocycles. The Morgan fingerprint density at radius 2 is 1.76 bits per heavy atom. The third-order valence-corrected chi connectivity index (χ3v) is 4.45. The molecule has 128 valence electrons. The Labute approximate surface area is 156 Å². The molecule has 0 aliphatic carbocycles. The topological polar surface area (TPSA) is 58.0 Å². The summed E-state index contributed by atoms with van der Waals surface area (Å²) in [5.41, 5.74) is 2.44. The third-order valence-electron chi connectivity index (χ3n) is 3.71. The fourth-order valence-electron chi connectivity index (χ4n) is 2.46. The van der Waals surface area contributed by atoms with Crippen LogP contribution in [0.3, 0.4) is 0 Å². The predicted molar refractivity (Wildman–Crippen MR) is 102 cm³/mol. The van der Waals surface area contributed by atoms with E-state index in [4.69, 9.17) is 23.2 Å². The van der Waals surface area contributed by atoms with Gasteiger partial charge < -0.3 is 10.4 Å². The minimum absolute atomic E-state index is 0.348. The molecular weight excluding hydrogens is 357 g/mol. The van der Waals surface area contributed by atoms with Gasteiger partial charge >= 0.3 is 0 Å². The summed E-state index contributed by atoms with van der Waals surface area (Å²) < 4.78 is 0. The molecule has 0 bridgehead atoms. The third kappa shape index (κ3) is 4.48. The van der Waals surface area contributed by atoms with Crippen LogP contribution in [0.5, 0.6) is 0 Å². The van der Waals surface area contributed by atoms with Gasteiger partial charge in [-0.05, 0) is 24.6 Å². The number of nitrogens with zero attached hydrogens (tertiary/aromatic N) is 2. The van der Waals surface area contributed by atoms with Crippen molar-refractivity contribution in [3.05, 3.63) is 76.0 Å². The van der Waals surface area contributed by atoms with Gasteiger partial charge in [-0.15, -0.1) is 0 Å². The van der Waals surface area contributed by atoms with Crippen LogP contribution < -0.4 is 5.32 Å². The van der Waals surface area contributed by atoms with E-state index in [1.165, 1.54) is 0 Å². The summed E-state index contributed by atoms with van der Waals surface area (Å²) in [4.78, 5) is 8.82. The van der Waals surface area contributed by atoms with Crippen molar-refractivity contribution in [2.24, 2.45) is 0 Å². The van der Waals surface area contributed by atoms with Gasteiger partial charge in [0, 0.05) is 18.2 Å². The highest BCUT2D eigenvalue weighted by atomic mass is 35.5. The summed E-state index contributed by atoms with van der Waals surface area (Å²) in [5, 5.41) is 14.4. The Morgan fingerprint density at radius 3 is 2.48 bits per heavy atom. The first-order valence-corrected chi connectivity index (χ1v) is 8.56. The first-order valence-electron chi connectivity index (χ1n) is 7.81. The number of aliphatic hydroxyl groups is 1. The Morgan fingerprint density at radius 1 is 1.00 bits per heavy atom. The smallest absolute Gasteiger partial charge is 0.130 e. The van der Waals surface area contributed by atoms with Crippen molar-refractivity contribution in [2.75, 3.05) is 11.9 Å². The molecule has 4 nitrogen and oxygen atoms in total. The zero-order valence-corrected chi connectivity index (χ0v) is 15.1. The van der Waals surface area contributed by atoms with Crippen LogP contribution in [0.25, 0.3) is 11.3 Å². The highest BCUT2D eigenvalue weighted by Gasteiger charge is 2.10. The van der Waals surface area contributed by atoms with Crippen molar-refractivity contribution < 1.29 is 5.11 Å². The van der Waals surface area contributed by atoms with E-state index in [1.54, 1.807) is 12.1 Å². The average molecular weight is 374 g/mol. The lowest BCUT2D eigenvalue weighted by Gasteiger charge is -2.13. The van der Waals surface area contributed by atoms with Crippen LogP contribution in [-0.2, 0) is 0 Å². The van der Waals surface area contributed by atoms with Gasteiger partial charge in [-0.3, -0.25) is 0 Å². The highest BCUT2D eigenvalue weighted by molar-refractivity contribution is 6.42. The van der Waals surface area contributed by atoms with Gasteiger partial charge in [-0.2, -0.15) is 0 Å². The molecule has 2 aromatic carbocycles. The fourth-order valence-corrected chi connectivity index (χ4v) is 2.75. The molecule has 0 saturated heterocycles. The van der Waals surface area contributed by atoms with Crippen LogP contribution in [0, 0.1) is 6.92 Å². The van der Waals surface area contributed by atoms with E-state index in [-0.39, 0.29) is 0 Å². The normalized spacial score (nSPS) is 12.0. The lowest BCUT2D eigenvalue weighted by molar-refractivity contribution is 0.191. The summed E-state index contributed by atoms with van der Waals surface area (Å²) >= 11 is 12.1. The van der Waals surface area contributed by atoms with Crippen molar-refractivity contribution in [3.8, 4) is 11.3 Å². The molecule has 0 fully saturated rings. The first-order chi connectivity index (χ1) is 12.0. The number of hydrogen-bond acceptors (Lipinski definition) is 4. The van der Waals surface area contributed by atoms with Gasteiger partial charge in [0.1, 0.15) is 11.6 Å². The van der Waals surface area contributed by atoms with E-state index >= 15 is 0 Å². The Balaban J connectivity index is 1.78. The first kappa shape index (κ1) is 17.7. The number of aliphatic hydroxyl groups excluding tert-OH is 1. The molecular formula is C19H17Cl2N3O. The van der Waals surface area contributed by atoms with Crippen LogP contribution in [0.1, 0.15) is 17.5 Å². The number of aromatic nitrogens is 2. The number of hydrogen-bond donors (Lipinski definition) is 2. The molecule has 2 N–H and O–H groups in total. The highest BCUT2D eigenvalue weighted by Crippen LogP contribution is 2.28. The van der Waals surface area contributed by atoms with Crippen molar-refractivity contribution >= 4 is 29.0 Å². The second-order valence-corrected chi connectivity index (χ2v) is 6.44. The minimum Gasteiger partial charge on any atom is -0.387 e.